The van der Waals surface area contributed by atoms with Crippen LogP contribution in [-0.2, 0) is 16.0 Å². The summed E-state index contributed by atoms with van der Waals surface area (Å²) >= 11 is 12.4. The van der Waals surface area contributed by atoms with Crippen LogP contribution in [-0.4, -0.2) is 17.9 Å². The molecule has 0 fully saturated rings. The number of carbonyl (C=O) groups is 2. The zero-order chi connectivity index (χ0) is 18.7. The summed E-state index contributed by atoms with van der Waals surface area (Å²) in [7, 11) is 0. The maximum absolute atomic E-state index is 12.5. The van der Waals surface area contributed by atoms with Crippen LogP contribution in [0.25, 0.3) is 0 Å². The van der Waals surface area contributed by atoms with E-state index in [1.807, 2.05) is 36.4 Å². The van der Waals surface area contributed by atoms with Crippen LogP contribution in [0.3, 0.4) is 0 Å². The number of hydrogen-bond acceptors (Lipinski definition) is 3. The molecule has 0 N–H and O–H groups in total. The van der Waals surface area contributed by atoms with E-state index in [-0.39, 0.29) is 21.8 Å². The highest BCUT2D eigenvalue weighted by Gasteiger charge is 2.42. The van der Waals surface area contributed by atoms with Crippen LogP contribution in [0.15, 0.2) is 70.7 Å². The van der Waals surface area contributed by atoms with Crippen LogP contribution in [0.2, 0.25) is 0 Å². The molecule has 0 aromatic heterocycles. The highest BCUT2D eigenvalue weighted by Crippen LogP contribution is 2.39. The Morgan fingerprint density at radius 2 is 1.58 bits per heavy atom. The van der Waals surface area contributed by atoms with Crippen LogP contribution in [0.5, 0.6) is 0 Å². The van der Waals surface area contributed by atoms with E-state index in [1.54, 1.807) is 31.2 Å². The van der Waals surface area contributed by atoms with Crippen molar-refractivity contribution in [2.24, 2.45) is 11.8 Å². The van der Waals surface area contributed by atoms with Gasteiger partial charge >= 0.3 is 5.97 Å². The Bertz CT molecular complexity index is 831. The average molecular weight is 389 g/mol. The average Bonchev–Trinajstić information content (AvgIpc) is 2.68. The van der Waals surface area contributed by atoms with Crippen molar-refractivity contribution in [1.29, 1.82) is 0 Å². The van der Waals surface area contributed by atoms with Gasteiger partial charge in [0, 0.05) is 11.8 Å². The number of allylic oxidation sites excluding steroid dienone is 1. The monoisotopic (exact) mass is 388 g/mol. The molecular weight excluding hydrogens is 371 g/mol. The summed E-state index contributed by atoms with van der Waals surface area (Å²) in [5, 5.41) is 0.0503. The molecule has 2 aromatic rings. The minimum atomic E-state index is -0.759. The lowest BCUT2D eigenvalue weighted by atomic mass is 9.77. The van der Waals surface area contributed by atoms with Gasteiger partial charge in [-0.15, -0.1) is 0 Å². The second-order valence-corrected chi connectivity index (χ2v) is 7.15. The number of ketones is 1. The number of halogens is 2. The number of rotatable bonds is 4. The molecule has 0 saturated heterocycles. The van der Waals surface area contributed by atoms with Gasteiger partial charge in [-0.05, 0) is 24.1 Å². The van der Waals surface area contributed by atoms with Crippen molar-refractivity contribution in [3.63, 3.8) is 0 Å². The Morgan fingerprint density at radius 3 is 2.19 bits per heavy atom. The Hall–Kier alpha value is -2.10. The van der Waals surface area contributed by atoms with Crippen LogP contribution >= 0.6 is 23.2 Å². The van der Waals surface area contributed by atoms with Crippen molar-refractivity contribution in [2.45, 2.75) is 19.4 Å². The van der Waals surface area contributed by atoms with Gasteiger partial charge in [-0.3, -0.25) is 4.79 Å². The zero-order valence-electron chi connectivity index (χ0n) is 14.2. The van der Waals surface area contributed by atoms with E-state index in [1.165, 1.54) is 0 Å². The maximum Gasteiger partial charge on any atom is 0.338 e. The first kappa shape index (κ1) is 18.7. The van der Waals surface area contributed by atoms with Crippen LogP contribution in [0.4, 0.5) is 0 Å². The van der Waals surface area contributed by atoms with Gasteiger partial charge in [0.1, 0.15) is 11.1 Å². The first-order chi connectivity index (χ1) is 12.5. The first-order valence-corrected chi connectivity index (χ1v) is 9.14. The molecule has 0 aliphatic heterocycles. The fourth-order valence-corrected chi connectivity index (χ4v) is 3.73. The summed E-state index contributed by atoms with van der Waals surface area (Å²) in [6.45, 7) is 1.80. The third-order valence-corrected chi connectivity index (χ3v) is 5.57. The maximum atomic E-state index is 12.5. The van der Waals surface area contributed by atoms with Crippen molar-refractivity contribution < 1.29 is 14.3 Å². The molecule has 0 saturated carbocycles. The molecule has 0 spiro atoms. The lowest BCUT2D eigenvalue weighted by molar-refractivity contribution is -0.122. The molecule has 3 nitrogen and oxygen atoms in total. The van der Waals surface area contributed by atoms with E-state index >= 15 is 0 Å². The molecule has 1 aliphatic carbocycles. The Labute approximate surface area is 162 Å². The van der Waals surface area contributed by atoms with Gasteiger partial charge in [0.25, 0.3) is 0 Å². The summed E-state index contributed by atoms with van der Waals surface area (Å²) in [5.74, 6) is -1.39. The molecule has 2 aromatic carbocycles. The predicted molar refractivity (Wildman–Crippen MR) is 102 cm³/mol. The van der Waals surface area contributed by atoms with Crippen molar-refractivity contribution >= 4 is 35.0 Å². The largest absolute Gasteiger partial charge is 0.453 e. The normalized spacial score (nSPS) is 23.0. The number of Topliss-reactive ketones (excluding diaryl/α,β-unsaturated/α-hetero) is 1. The number of hydrogen-bond donors (Lipinski definition) is 0. The predicted octanol–water partition coefficient (Wildman–Crippen LogP) is 4.98. The molecule has 134 valence electrons. The molecular formula is C21H18Cl2O3. The highest BCUT2D eigenvalue weighted by molar-refractivity contribution is 6.49. The fourth-order valence-electron chi connectivity index (χ4n) is 3.15. The van der Waals surface area contributed by atoms with Gasteiger partial charge < -0.3 is 4.74 Å². The van der Waals surface area contributed by atoms with E-state index in [0.717, 1.165) is 5.56 Å². The summed E-state index contributed by atoms with van der Waals surface area (Å²) < 4.78 is 5.70. The molecule has 0 heterocycles. The van der Waals surface area contributed by atoms with E-state index in [9.17, 15) is 9.59 Å². The third-order valence-electron chi connectivity index (χ3n) is 4.68. The van der Waals surface area contributed by atoms with Gasteiger partial charge in [-0.1, -0.05) is 78.7 Å². The quantitative estimate of drug-likeness (QED) is 0.693. The molecule has 0 bridgehead atoms. The van der Waals surface area contributed by atoms with Crippen LogP contribution in [0.1, 0.15) is 22.8 Å². The summed E-state index contributed by atoms with van der Waals surface area (Å²) in [6.07, 6.45) is -0.203. The number of ether oxygens (including phenoxy) is 1. The van der Waals surface area contributed by atoms with E-state index in [0.29, 0.717) is 12.0 Å². The molecule has 1 aliphatic rings. The Balaban J connectivity index is 1.91. The Morgan fingerprint density at radius 1 is 1.00 bits per heavy atom. The SMILES string of the molecule is CC1C(=O)C(Cl)=C(Cl)C(OC(=O)c2ccccc2)C1Cc1ccccc1. The number of esters is 1. The standard InChI is InChI=1S/C21H18Cl2O3/c1-13-16(12-14-8-4-2-5-9-14)20(18(23)17(22)19(13)24)26-21(25)15-10-6-3-7-11-15/h2-11,13,16,20H,12H2,1H3. The second kappa shape index (κ2) is 8.07. The van der Waals surface area contributed by atoms with E-state index in [2.05, 4.69) is 0 Å². The molecule has 0 amide bonds. The van der Waals surface area contributed by atoms with Gasteiger partial charge in [0.15, 0.2) is 5.78 Å². The van der Waals surface area contributed by atoms with Crippen molar-refractivity contribution in [2.75, 3.05) is 0 Å². The minimum Gasteiger partial charge on any atom is -0.453 e. The van der Waals surface area contributed by atoms with Crippen molar-refractivity contribution in [3.8, 4) is 0 Å². The molecule has 3 atom stereocenters. The zero-order valence-corrected chi connectivity index (χ0v) is 15.7. The smallest absolute Gasteiger partial charge is 0.338 e. The molecule has 0 radical (unpaired) electrons. The van der Waals surface area contributed by atoms with E-state index < -0.39 is 18.0 Å². The molecule has 5 heteroatoms. The third kappa shape index (κ3) is 3.84. The number of benzene rings is 2. The van der Waals surface area contributed by atoms with Crippen LogP contribution < -0.4 is 0 Å². The fraction of sp³-hybridized carbons (Fsp3) is 0.238. The van der Waals surface area contributed by atoms with Crippen LogP contribution in [0, 0.1) is 11.8 Å². The molecule has 3 rings (SSSR count). The lowest BCUT2D eigenvalue weighted by Gasteiger charge is -2.35. The van der Waals surface area contributed by atoms with Gasteiger partial charge in [-0.25, -0.2) is 4.79 Å². The first-order valence-electron chi connectivity index (χ1n) is 8.38. The molecule has 26 heavy (non-hydrogen) atoms. The molecule has 3 unspecified atom stereocenters. The highest BCUT2D eigenvalue weighted by atomic mass is 35.5. The lowest BCUT2D eigenvalue weighted by Crippen LogP contribution is -2.41. The Kier molecular flexibility index (Phi) is 5.80. The number of carbonyl (C=O) groups excluding carboxylic acids is 2. The summed E-state index contributed by atoms with van der Waals surface area (Å²) in [4.78, 5) is 24.9. The van der Waals surface area contributed by atoms with Gasteiger partial charge in [0.05, 0.1) is 10.6 Å². The van der Waals surface area contributed by atoms with Gasteiger partial charge in [-0.2, -0.15) is 0 Å². The second-order valence-electron chi connectivity index (χ2n) is 6.36. The van der Waals surface area contributed by atoms with Gasteiger partial charge in [0.2, 0.25) is 0 Å². The minimum absolute atomic E-state index is 0.0469. The van der Waals surface area contributed by atoms with E-state index in [4.69, 9.17) is 27.9 Å². The topological polar surface area (TPSA) is 43.4 Å². The van der Waals surface area contributed by atoms with Crippen molar-refractivity contribution in [1.82, 2.24) is 0 Å². The van der Waals surface area contributed by atoms with Crippen molar-refractivity contribution in [3.05, 3.63) is 81.9 Å². The summed E-state index contributed by atoms with van der Waals surface area (Å²) in [5.41, 5.74) is 1.47. The summed E-state index contributed by atoms with van der Waals surface area (Å²) in [6, 6.07) is 18.4.